The zero-order valence-corrected chi connectivity index (χ0v) is 10.6. The number of fused-ring (bicyclic) bond motifs is 1. The molecule has 2 rings (SSSR count). The van der Waals surface area contributed by atoms with Gasteiger partial charge in [0.2, 0.25) is 0 Å². The highest BCUT2D eigenvalue weighted by Crippen LogP contribution is 2.22. The van der Waals surface area contributed by atoms with Gasteiger partial charge in [0.15, 0.2) is 0 Å². The maximum absolute atomic E-state index is 5.77. The Hall–Kier alpha value is -0.760. The van der Waals surface area contributed by atoms with E-state index in [1.165, 1.54) is 24.1 Å². The second-order valence-electron chi connectivity index (χ2n) is 4.38. The van der Waals surface area contributed by atoms with Crippen molar-refractivity contribution in [3.8, 4) is 0 Å². The van der Waals surface area contributed by atoms with E-state index in [0.29, 0.717) is 11.9 Å². The molecular formula is C13H19ClN2. The van der Waals surface area contributed by atoms with Crippen LogP contribution in [0.2, 0.25) is 0 Å². The van der Waals surface area contributed by atoms with Gasteiger partial charge >= 0.3 is 0 Å². The van der Waals surface area contributed by atoms with Crippen LogP contribution in [-0.2, 0) is 12.8 Å². The van der Waals surface area contributed by atoms with Gasteiger partial charge in [-0.3, -0.25) is 0 Å². The van der Waals surface area contributed by atoms with Crippen molar-refractivity contribution in [3.63, 3.8) is 0 Å². The molecule has 0 spiro atoms. The minimum absolute atomic E-state index is 0.449. The number of hydrogen-bond donors (Lipinski definition) is 1. The van der Waals surface area contributed by atoms with Gasteiger partial charge in [0.25, 0.3) is 0 Å². The van der Waals surface area contributed by atoms with Gasteiger partial charge in [0, 0.05) is 17.6 Å². The third kappa shape index (κ3) is 2.67. The Morgan fingerprint density at radius 3 is 3.06 bits per heavy atom. The van der Waals surface area contributed by atoms with Crippen molar-refractivity contribution in [2.45, 2.75) is 45.1 Å². The molecule has 16 heavy (non-hydrogen) atoms. The Labute approximate surface area is 102 Å². The zero-order chi connectivity index (χ0) is 11.4. The summed E-state index contributed by atoms with van der Waals surface area (Å²) < 4.78 is 0. The third-order valence-corrected chi connectivity index (χ3v) is 3.45. The molecule has 1 heterocycles. The first kappa shape index (κ1) is 11.7. The molecule has 88 valence electrons. The molecule has 0 amide bonds. The topological polar surface area (TPSA) is 24.9 Å². The molecule has 0 bridgehead atoms. The number of aryl methyl sites for hydroxylation is 2. The largest absolute Gasteiger partial charge is 0.367 e. The van der Waals surface area contributed by atoms with Crippen molar-refractivity contribution >= 4 is 17.4 Å². The van der Waals surface area contributed by atoms with Crippen LogP contribution in [0.25, 0.3) is 0 Å². The van der Waals surface area contributed by atoms with Gasteiger partial charge in [0.1, 0.15) is 5.82 Å². The van der Waals surface area contributed by atoms with Crippen molar-refractivity contribution < 1.29 is 0 Å². The Morgan fingerprint density at radius 1 is 1.44 bits per heavy atom. The van der Waals surface area contributed by atoms with Gasteiger partial charge in [-0.05, 0) is 43.7 Å². The lowest BCUT2D eigenvalue weighted by Gasteiger charge is -2.16. The van der Waals surface area contributed by atoms with E-state index < -0.39 is 0 Å². The van der Waals surface area contributed by atoms with Gasteiger partial charge in [0.05, 0.1) is 0 Å². The number of aromatic nitrogens is 1. The number of alkyl halides is 1. The van der Waals surface area contributed by atoms with Crippen LogP contribution in [0.5, 0.6) is 0 Å². The highest BCUT2D eigenvalue weighted by atomic mass is 35.5. The lowest BCUT2D eigenvalue weighted by Crippen LogP contribution is -2.19. The smallest absolute Gasteiger partial charge is 0.126 e. The number of nitrogens with zero attached hydrogens (tertiary/aromatic N) is 1. The Kier molecular flexibility index (Phi) is 4.05. The average Bonchev–Trinajstić information content (AvgIpc) is 2.75. The average molecular weight is 239 g/mol. The van der Waals surface area contributed by atoms with Crippen LogP contribution in [0.3, 0.4) is 0 Å². The summed E-state index contributed by atoms with van der Waals surface area (Å²) in [5, 5.41) is 3.46. The number of halogens is 1. The zero-order valence-electron chi connectivity index (χ0n) is 9.80. The van der Waals surface area contributed by atoms with Gasteiger partial charge in [-0.1, -0.05) is 13.0 Å². The number of anilines is 1. The van der Waals surface area contributed by atoms with Crippen molar-refractivity contribution in [3.05, 3.63) is 23.4 Å². The summed E-state index contributed by atoms with van der Waals surface area (Å²) >= 11 is 5.77. The van der Waals surface area contributed by atoms with Crippen molar-refractivity contribution in [2.75, 3.05) is 11.2 Å². The summed E-state index contributed by atoms with van der Waals surface area (Å²) in [6.45, 7) is 2.18. The maximum Gasteiger partial charge on any atom is 0.126 e. The quantitative estimate of drug-likeness (QED) is 0.796. The fraction of sp³-hybridized carbons (Fsp3) is 0.615. The van der Waals surface area contributed by atoms with Crippen molar-refractivity contribution in [2.24, 2.45) is 0 Å². The Bertz CT molecular complexity index is 352. The lowest BCUT2D eigenvalue weighted by molar-refractivity contribution is 0.671. The van der Waals surface area contributed by atoms with Gasteiger partial charge in [-0.15, -0.1) is 11.6 Å². The predicted molar refractivity (Wildman–Crippen MR) is 69.3 cm³/mol. The summed E-state index contributed by atoms with van der Waals surface area (Å²) in [4.78, 5) is 4.67. The van der Waals surface area contributed by atoms with E-state index in [0.717, 1.165) is 25.1 Å². The molecular weight excluding hydrogens is 220 g/mol. The molecule has 0 radical (unpaired) electrons. The Morgan fingerprint density at radius 2 is 2.31 bits per heavy atom. The lowest BCUT2D eigenvalue weighted by atomic mass is 10.1. The molecule has 1 aromatic heterocycles. The van der Waals surface area contributed by atoms with Crippen molar-refractivity contribution in [1.29, 1.82) is 0 Å². The molecule has 1 unspecified atom stereocenters. The van der Waals surface area contributed by atoms with E-state index in [2.05, 4.69) is 29.4 Å². The van der Waals surface area contributed by atoms with E-state index in [9.17, 15) is 0 Å². The van der Waals surface area contributed by atoms with Crippen LogP contribution in [-0.4, -0.2) is 16.9 Å². The molecule has 1 aromatic rings. The standard InChI is InChI=1S/C13H19ClN2/c1-2-11(8-9-14)15-13-7-6-10-4-3-5-12(10)16-13/h6-7,11H,2-5,8-9H2,1H3,(H,15,16). The first-order valence-electron chi connectivity index (χ1n) is 6.14. The van der Waals surface area contributed by atoms with E-state index in [-0.39, 0.29) is 0 Å². The monoisotopic (exact) mass is 238 g/mol. The van der Waals surface area contributed by atoms with Gasteiger partial charge in [-0.25, -0.2) is 4.98 Å². The molecule has 0 fully saturated rings. The summed E-state index contributed by atoms with van der Waals surface area (Å²) in [5.74, 6) is 1.72. The fourth-order valence-electron chi connectivity index (χ4n) is 2.22. The van der Waals surface area contributed by atoms with Crippen LogP contribution in [0.1, 0.15) is 37.4 Å². The molecule has 1 aliphatic rings. The molecule has 3 heteroatoms. The normalized spacial score (nSPS) is 15.9. The second kappa shape index (κ2) is 5.53. The minimum Gasteiger partial charge on any atom is -0.367 e. The van der Waals surface area contributed by atoms with Gasteiger partial charge < -0.3 is 5.32 Å². The summed E-state index contributed by atoms with van der Waals surface area (Å²) in [5.41, 5.74) is 2.71. The number of pyridine rings is 1. The van der Waals surface area contributed by atoms with E-state index >= 15 is 0 Å². The van der Waals surface area contributed by atoms with Crippen LogP contribution < -0.4 is 5.32 Å². The minimum atomic E-state index is 0.449. The van der Waals surface area contributed by atoms with Crippen LogP contribution in [0.4, 0.5) is 5.82 Å². The van der Waals surface area contributed by atoms with E-state index in [4.69, 9.17) is 11.6 Å². The fourth-order valence-corrected chi connectivity index (χ4v) is 2.48. The number of hydrogen-bond acceptors (Lipinski definition) is 2. The molecule has 1 aliphatic carbocycles. The summed E-state index contributed by atoms with van der Waals surface area (Å²) in [6.07, 6.45) is 5.67. The van der Waals surface area contributed by atoms with E-state index in [1.807, 2.05) is 0 Å². The summed E-state index contributed by atoms with van der Waals surface area (Å²) in [6, 6.07) is 4.76. The molecule has 0 saturated carbocycles. The maximum atomic E-state index is 5.77. The summed E-state index contributed by atoms with van der Waals surface area (Å²) in [7, 11) is 0. The molecule has 0 aliphatic heterocycles. The van der Waals surface area contributed by atoms with Gasteiger partial charge in [-0.2, -0.15) is 0 Å². The Balaban J connectivity index is 2.04. The number of rotatable bonds is 5. The first-order valence-corrected chi connectivity index (χ1v) is 6.68. The van der Waals surface area contributed by atoms with E-state index in [1.54, 1.807) is 0 Å². The van der Waals surface area contributed by atoms with Crippen LogP contribution >= 0.6 is 11.6 Å². The highest BCUT2D eigenvalue weighted by Gasteiger charge is 2.13. The SMILES string of the molecule is CCC(CCCl)Nc1ccc2c(n1)CCC2. The molecule has 1 N–H and O–H groups in total. The molecule has 0 saturated heterocycles. The van der Waals surface area contributed by atoms with Crippen LogP contribution in [0, 0.1) is 0 Å². The number of nitrogens with one attached hydrogen (secondary N) is 1. The highest BCUT2D eigenvalue weighted by molar-refractivity contribution is 6.17. The molecule has 0 aromatic carbocycles. The van der Waals surface area contributed by atoms with Crippen molar-refractivity contribution in [1.82, 2.24) is 4.98 Å². The molecule has 2 nitrogen and oxygen atoms in total. The predicted octanol–water partition coefficient (Wildman–Crippen LogP) is 3.39. The first-order chi connectivity index (χ1) is 7.83. The second-order valence-corrected chi connectivity index (χ2v) is 4.76. The third-order valence-electron chi connectivity index (χ3n) is 3.23. The van der Waals surface area contributed by atoms with Crippen LogP contribution in [0.15, 0.2) is 12.1 Å². The molecule has 1 atom stereocenters.